The van der Waals surface area contributed by atoms with Gasteiger partial charge in [0, 0.05) is 57.6 Å². The molecule has 0 aliphatic heterocycles. The van der Waals surface area contributed by atoms with Gasteiger partial charge in [0.25, 0.3) is 5.91 Å². The molecule has 5 N–H and O–H groups in total. The zero-order valence-electron chi connectivity index (χ0n) is 20.3. The van der Waals surface area contributed by atoms with Crippen molar-refractivity contribution in [2.45, 2.75) is 6.42 Å². The summed E-state index contributed by atoms with van der Waals surface area (Å²) < 4.78 is 0. The Balaban J connectivity index is 1.16. The Morgan fingerprint density at radius 1 is 0.897 bits per heavy atom. The second kappa shape index (κ2) is 10.2. The topological polar surface area (TPSA) is 112 Å². The molecule has 1 amide bonds. The van der Waals surface area contributed by atoms with Crippen molar-refractivity contribution >= 4 is 62.6 Å². The van der Waals surface area contributed by atoms with E-state index in [1.54, 1.807) is 24.7 Å². The van der Waals surface area contributed by atoms with E-state index in [1.807, 2.05) is 54.6 Å². The number of aromatic amines is 2. The number of amides is 1. The maximum atomic E-state index is 12.5. The normalized spacial score (nSPS) is 10.9. The van der Waals surface area contributed by atoms with Crippen LogP contribution in [0.15, 0.2) is 79.3 Å². The third-order valence-electron chi connectivity index (χ3n) is 6.28. The van der Waals surface area contributed by atoms with E-state index in [2.05, 4.69) is 37.1 Å². The van der Waals surface area contributed by atoms with Gasteiger partial charge >= 0.3 is 0 Å². The molecule has 6 aromatic rings. The zero-order chi connectivity index (χ0) is 26.9. The highest BCUT2D eigenvalue weighted by Crippen LogP contribution is 2.31. The summed E-state index contributed by atoms with van der Waals surface area (Å²) in [5.41, 5.74) is 12.9. The first-order chi connectivity index (χ1) is 18.9. The number of H-pyrrole nitrogens is 2. The average Bonchev–Trinajstić information content (AvgIpc) is 3.47. The number of fused-ring (bicyclic) bond motifs is 2. The highest BCUT2D eigenvalue weighted by atomic mass is 35.5. The van der Waals surface area contributed by atoms with Gasteiger partial charge < -0.3 is 21.0 Å². The van der Waals surface area contributed by atoms with E-state index in [-0.39, 0.29) is 6.42 Å². The number of nitrogens with zero attached hydrogens (tertiary/aromatic N) is 2. The van der Waals surface area contributed by atoms with Crippen LogP contribution in [0.2, 0.25) is 10.0 Å². The average molecular weight is 551 g/mol. The summed E-state index contributed by atoms with van der Waals surface area (Å²) >= 11 is 12.9. The van der Waals surface area contributed by atoms with E-state index >= 15 is 0 Å². The summed E-state index contributed by atoms with van der Waals surface area (Å²) in [6.45, 7) is 0. The predicted molar refractivity (Wildman–Crippen MR) is 158 cm³/mol. The molecule has 190 valence electrons. The zero-order valence-corrected chi connectivity index (χ0v) is 21.9. The van der Waals surface area contributed by atoms with Crippen LogP contribution in [0.1, 0.15) is 5.69 Å². The molecule has 0 atom stereocenters. The van der Waals surface area contributed by atoms with Crippen molar-refractivity contribution in [1.29, 1.82) is 0 Å². The number of halogens is 2. The number of carbonyl (C=O) groups is 1. The summed E-state index contributed by atoms with van der Waals surface area (Å²) in [4.78, 5) is 27.7. The quantitative estimate of drug-likeness (QED) is 0.142. The van der Waals surface area contributed by atoms with Crippen molar-refractivity contribution in [1.82, 2.24) is 19.9 Å². The second-order valence-corrected chi connectivity index (χ2v) is 9.72. The summed E-state index contributed by atoms with van der Waals surface area (Å²) in [7, 11) is 0. The third-order valence-corrected chi connectivity index (χ3v) is 7.02. The van der Waals surface area contributed by atoms with E-state index in [0.29, 0.717) is 32.8 Å². The Kier molecular flexibility index (Phi) is 6.41. The number of benzene rings is 2. The van der Waals surface area contributed by atoms with Crippen LogP contribution in [-0.2, 0) is 11.2 Å². The molecule has 39 heavy (non-hydrogen) atoms. The molecule has 0 bridgehead atoms. The molecule has 0 spiro atoms. The summed E-state index contributed by atoms with van der Waals surface area (Å²) in [6.07, 6.45) is 5.49. The van der Waals surface area contributed by atoms with Gasteiger partial charge in [-0.2, -0.15) is 0 Å². The fraction of sp³-hybridized carbons (Fsp3) is 0.0333. The molecule has 0 aliphatic carbocycles. The van der Waals surface area contributed by atoms with Gasteiger partial charge in [-0.25, -0.2) is 9.97 Å². The van der Waals surface area contributed by atoms with E-state index in [9.17, 15) is 4.79 Å². The van der Waals surface area contributed by atoms with Crippen LogP contribution in [0, 0.1) is 11.8 Å². The number of pyridine rings is 2. The van der Waals surface area contributed by atoms with Crippen LogP contribution in [0.5, 0.6) is 0 Å². The minimum atomic E-state index is -0.427. The molecule has 0 saturated carbocycles. The number of nitrogen functional groups attached to an aromatic ring is 1. The van der Waals surface area contributed by atoms with Gasteiger partial charge in [-0.3, -0.25) is 4.79 Å². The summed E-state index contributed by atoms with van der Waals surface area (Å²) in [6, 6.07) is 19.0. The number of hydrogen-bond acceptors (Lipinski definition) is 4. The van der Waals surface area contributed by atoms with Crippen LogP contribution >= 0.6 is 23.2 Å². The molecule has 7 nitrogen and oxygen atoms in total. The first-order valence-electron chi connectivity index (χ1n) is 12.0. The Bertz CT molecular complexity index is 1950. The van der Waals surface area contributed by atoms with Crippen molar-refractivity contribution in [3.8, 4) is 34.1 Å². The molecule has 0 aliphatic rings. The van der Waals surface area contributed by atoms with Crippen LogP contribution in [0.4, 0.5) is 11.4 Å². The van der Waals surface area contributed by atoms with E-state index in [4.69, 9.17) is 28.9 Å². The Hall–Kier alpha value is -4.77. The van der Waals surface area contributed by atoms with Gasteiger partial charge in [-0.15, -0.1) is 0 Å². The smallest absolute Gasteiger partial charge is 0.300 e. The summed E-state index contributed by atoms with van der Waals surface area (Å²) in [5, 5.41) is 5.57. The largest absolute Gasteiger partial charge is 0.399 e. The van der Waals surface area contributed by atoms with Gasteiger partial charge in [-0.05, 0) is 53.4 Å². The number of anilines is 2. The van der Waals surface area contributed by atoms with Crippen LogP contribution in [0.3, 0.4) is 0 Å². The molecule has 0 fully saturated rings. The van der Waals surface area contributed by atoms with Crippen LogP contribution < -0.4 is 11.1 Å². The molecule has 0 unspecified atom stereocenters. The SMILES string of the molecule is Nc1cccc(-c2cnc3[nH]c(CC#CC(=O)Nc4cccc(-c5cnc6[nH]cc(Cl)c6c5)c4)c(Cl)c3c2)c1. The molecular weight excluding hydrogens is 531 g/mol. The second-order valence-electron chi connectivity index (χ2n) is 8.93. The van der Waals surface area contributed by atoms with E-state index < -0.39 is 5.91 Å². The van der Waals surface area contributed by atoms with E-state index in [1.165, 1.54) is 0 Å². The highest BCUT2D eigenvalue weighted by molar-refractivity contribution is 6.36. The monoisotopic (exact) mass is 550 g/mol. The number of nitrogens with two attached hydrogens (primary N) is 1. The van der Waals surface area contributed by atoms with Crippen molar-refractivity contribution < 1.29 is 4.79 Å². The molecule has 0 saturated heterocycles. The Labute approximate surface area is 233 Å². The lowest BCUT2D eigenvalue weighted by molar-refractivity contribution is -0.111. The number of nitrogens with one attached hydrogen (secondary N) is 3. The first-order valence-corrected chi connectivity index (χ1v) is 12.7. The number of rotatable bonds is 4. The van der Waals surface area contributed by atoms with Crippen LogP contribution in [0.25, 0.3) is 44.3 Å². The molecule has 9 heteroatoms. The fourth-order valence-electron chi connectivity index (χ4n) is 4.37. The van der Waals surface area contributed by atoms with E-state index in [0.717, 1.165) is 38.7 Å². The minimum absolute atomic E-state index is 0.263. The van der Waals surface area contributed by atoms with Gasteiger partial charge in [0.2, 0.25) is 0 Å². The van der Waals surface area contributed by atoms with Gasteiger partial charge in [0.05, 0.1) is 16.5 Å². The molecule has 6 rings (SSSR count). The summed E-state index contributed by atoms with van der Waals surface area (Å²) in [5.74, 6) is 5.10. The van der Waals surface area contributed by atoms with Crippen molar-refractivity contribution in [2.75, 3.05) is 11.1 Å². The maximum Gasteiger partial charge on any atom is 0.300 e. The van der Waals surface area contributed by atoms with Crippen molar-refractivity contribution in [3.05, 3.63) is 95.0 Å². The lowest BCUT2D eigenvalue weighted by Crippen LogP contribution is -2.08. The fourth-order valence-corrected chi connectivity index (χ4v) is 4.83. The van der Waals surface area contributed by atoms with Gasteiger partial charge in [0.15, 0.2) is 0 Å². The maximum absolute atomic E-state index is 12.5. The molecule has 4 aromatic heterocycles. The lowest BCUT2D eigenvalue weighted by atomic mass is 10.1. The number of aromatic nitrogens is 4. The van der Waals surface area contributed by atoms with Gasteiger partial charge in [-0.1, -0.05) is 53.4 Å². The van der Waals surface area contributed by atoms with Crippen molar-refractivity contribution in [2.24, 2.45) is 0 Å². The van der Waals surface area contributed by atoms with Crippen molar-refractivity contribution in [3.63, 3.8) is 0 Å². The predicted octanol–water partition coefficient (Wildman–Crippen LogP) is 6.85. The standard InChI is InChI=1S/C30H20Cl2N6O/c31-25-16-36-29-23(25)12-19(14-34-29)18-5-2-7-22(11-18)37-27(39)9-3-8-26-28(32)24-13-20(15-35-30(24)38-26)17-4-1-6-21(33)10-17/h1-2,4-7,10-16H,8,33H2,(H,34,36)(H,35,38)(H,37,39). The lowest BCUT2D eigenvalue weighted by Gasteiger charge is -2.06. The number of hydrogen-bond donors (Lipinski definition) is 4. The van der Waals surface area contributed by atoms with Gasteiger partial charge in [0.1, 0.15) is 11.3 Å². The first kappa shape index (κ1) is 24.6. The third kappa shape index (κ3) is 5.04. The van der Waals surface area contributed by atoms with Crippen LogP contribution in [-0.4, -0.2) is 25.8 Å². The Morgan fingerprint density at radius 2 is 1.62 bits per heavy atom. The molecule has 2 aromatic carbocycles. The molecule has 4 heterocycles. The highest BCUT2D eigenvalue weighted by Gasteiger charge is 2.12. The Morgan fingerprint density at radius 3 is 2.41 bits per heavy atom. The number of carbonyl (C=O) groups excluding carboxylic acids is 1. The minimum Gasteiger partial charge on any atom is -0.399 e. The molecule has 0 radical (unpaired) electrons. The molecular formula is C30H20Cl2N6O.